The standard InChI is InChI=1S/C30H35ClN4O7S/c1-6-21(3)32-30(37)22(4)33(18-23-8-10-24(31)11-9-23)29(36)19-34(25-12-14-26(42-5)15-13-25)43(40,41)27-16-7-20(2)28(17-27)35(38)39/h7-17,21-22H,6,18-19H2,1-5H3,(H,32,37)/t21-,22+/m0/s1. The summed E-state index contributed by atoms with van der Waals surface area (Å²) in [5, 5.41) is 15.0. The second kappa shape index (κ2) is 14.3. The fraction of sp³-hybridized carbons (Fsp3) is 0.333. The highest BCUT2D eigenvalue weighted by atomic mass is 35.5. The van der Waals surface area contributed by atoms with E-state index in [1.165, 1.54) is 55.3 Å². The normalized spacial score (nSPS) is 12.6. The number of halogens is 1. The lowest BCUT2D eigenvalue weighted by atomic mass is 10.1. The number of nitrogens with zero attached hydrogens (tertiary/aromatic N) is 3. The molecule has 0 unspecified atom stereocenters. The summed E-state index contributed by atoms with van der Waals surface area (Å²) < 4.78 is 34.1. The Kier molecular flexibility index (Phi) is 11.1. The highest BCUT2D eigenvalue weighted by Crippen LogP contribution is 2.29. The number of nitro groups is 1. The third-order valence-corrected chi connectivity index (χ3v) is 9.06. The van der Waals surface area contributed by atoms with Crippen LogP contribution in [0.15, 0.2) is 71.6 Å². The van der Waals surface area contributed by atoms with Gasteiger partial charge in [0.2, 0.25) is 11.8 Å². The maximum Gasteiger partial charge on any atom is 0.273 e. The summed E-state index contributed by atoms with van der Waals surface area (Å²) in [5.41, 5.74) is 0.711. The van der Waals surface area contributed by atoms with Crippen molar-refractivity contribution < 1.29 is 27.7 Å². The molecule has 3 aromatic carbocycles. The molecule has 0 aliphatic carbocycles. The predicted molar refractivity (Wildman–Crippen MR) is 165 cm³/mol. The molecule has 0 bridgehead atoms. The number of nitrogens with one attached hydrogen (secondary N) is 1. The molecule has 43 heavy (non-hydrogen) atoms. The van der Waals surface area contributed by atoms with Gasteiger partial charge in [0.15, 0.2) is 0 Å². The summed E-state index contributed by atoms with van der Waals surface area (Å²) >= 11 is 6.03. The minimum absolute atomic E-state index is 0.00238. The van der Waals surface area contributed by atoms with Gasteiger partial charge in [-0.3, -0.25) is 24.0 Å². The number of hydrogen-bond donors (Lipinski definition) is 1. The molecule has 0 aromatic heterocycles. The Hall–Kier alpha value is -4.16. The monoisotopic (exact) mass is 630 g/mol. The SMILES string of the molecule is CC[C@H](C)NC(=O)[C@@H](C)N(Cc1ccc(Cl)cc1)C(=O)CN(c1ccc(OC)cc1)S(=O)(=O)c1ccc(C)c([N+](=O)[O-])c1. The van der Waals surface area contributed by atoms with Gasteiger partial charge in [-0.1, -0.05) is 36.7 Å². The van der Waals surface area contributed by atoms with Crippen molar-refractivity contribution in [3.05, 3.63) is 93.0 Å². The molecule has 230 valence electrons. The van der Waals surface area contributed by atoms with Crippen LogP contribution in [0.4, 0.5) is 11.4 Å². The van der Waals surface area contributed by atoms with Gasteiger partial charge in [0.1, 0.15) is 18.3 Å². The molecular weight excluding hydrogens is 596 g/mol. The van der Waals surface area contributed by atoms with Crippen molar-refractivity contribution in [3.8, 4) is 5.75 Å². The molecule has 0 saturated heterocycles. The zero-order valence-corrected chi connectivity index (χ0v) is 26.2. The van der Waals surface area contributed by atoms with E-state index in [2.05, 4.69) is 5.32 Å². The minimum Gasteiger partial charge on any atom is -0.497 e. The predicted octanol–water partition coefficient (Wildman–Crippen LogP) is 5.09. The lowest BCUT2D eigenvalue weighted by Gasteiger charge is -2.32. The number of carbonyl (C=O) groups is 2. The Morgan fingerprint density at radius 1 is 1.05 bits per heavy atom. The first kappa shape index (κ1) is 33.3. The van der Waals surface area contributed by atoms with Gasteiger partial charge in [0.05, 0.1) is 22.6 Å². The Morgan fingerprint density at radius 2 is 1.67 bits per heavy atom. The number of hydrogen-bond acceptors (Lipinski definition) is 7. The first-order chi connectivity index (χ1) is 20.3. The number of methoxy groups -OCH3 is 1. The molecule has 0 fully saturated rings. The first-order valence-electron chi connectivity index (χ1n) is 13.5. The third-order valence-electron chi connectivity index (χ3n) is 7.04. The second-order valence-electron chi connectivity index (χ2n) is 10.1. The zero-order chi connectivity index (χ0) is 31.9. The van der Waals surface area contributed by atoms with Crippen LogP contribution in [0.5, 0.6) is 5.75 Å². The van der Waals surface area contributed by atoms with Crippen molar-refractivity contribution in [2.24, 2.45) is 0 Å². The Labute approximate surface area is 256 Å². The van der Waals surface area contributed by atoms with E-state index in [1.807, 2.05) is 13.8 Å². The molecule has 1 N–H and O–H groups in total. The average Bonchev–Trinajstić information content (AvgIpc) is 2.98. The quantitative estimate of drug-likeness (QED) is 0.205. The summed E-state index contributed by atoms with van der Waals surface area (Å²) in [7, 11) is -3.04. The van der Waals surface area contributed by atoms with Gasteiger partial charge in [-0.05, 0) is 75.2 Å². The average molecular weight is 631 g/mol. The minimum atomic E-state index is -4.50. The largest absolute Gasteiger partial charge is 0.497 e. The molecule has 3 aromatic rings. The fourth-order valence-corrected chi connectivity index (χ4v) is 5.75. The van der Waals surface area contributed by atoms with Crippen molar-refractivity contribution in [2.75, 3.05) is 18.0 Å². The summed E-state index contributed by atoms with van der Waals surface area (Å²) in [6.45, 7) is 6.14. The van der Waals surface area contributed by atoms with Gasteiger partial charge >= 0.3 is 0 Å². The third kappa shape index (κ3) is 8.23. The number of benzene rings is 3. The van der Waals surface area contributed by atoms with Crippen LogP contribution in [0.25, 0.3) is 0 Å². The van der Waals surface area contributed by atoms with E-state index in [0.29, 0.717) is 22.8 Å². The molecule has 0 radical (unpaired) electrons. The maximum absolute atomic E-state index is 14.0. The highest BCUT2D eigenvalue weighted by Gasteiger charge is 2.33. The van der Waals surface area contributed by atoms with E-state index in [1.54, 1.807) is 31.2 Å². The topological polar surface area (TPSA) is 139 Å². The van der Waals surface area contributed by atoms with Gasteiger partial charge in [-0.15, -0.1) is 0 Å². The van der Waals surface area contributed by atoms with Crippen molar-refractivity contribution in [2.45, 2.75) is 57.6 Å². The number of rotatable bonds is 13. The summed E-state index contributed by atoms with van der Waals surface area (Å²) in [6, 6.07) is 15.2. The van der Waals surface area contributed by atoms with Crippen molar-refractivity contribution in [3.63, 3.8) is 0 Å². The molecule has 0 aliphatic rings. The van der Waals surface area contributed by atoms with E-state index in [4.69, 9.17) is 16.3 Å². The molecule has 3 rings (SSSR count). The van der Waals surface area contributed by atoms with Gasteiger partial charge in [0.25, 0.3) is 15.7 Å². The number of nitro benzene ring substituents is 1. The van der Waals surface area contributed by atoms with Crippen molar-refractivity contribution >= 4 is 44.8 Å². The lowest BCUT2D eigenvalue weighted by Crippen LogP contribution is -2.52. The van der Waals surface area contributed by atoms with Crippen LogP contribution in [-0.2, 0) is 26.2 Å². The van der Waals surface area contributed by atoms with Crippen molar-refractivity contribution in [1.82, 2.24) is 10.2 Å². The molecule has 0 aliphatic heterocycles. The fourth-order valence-electron chi connectivity index (χ4n) is 4.19. The van der Waals surface area contributed by atoms with Crippen LogP contribution in [0.2, 0.25) is 5.02 Å². The molecule has 11 nitrogen and oxygen atoms in total. The van der Waals surface area contributed by atoms with Crippen LogP contribution in [0, 0.1) is 17.0 Å². The summed E-state index contributed by atoms with van der Waals surface area (Å²) in [5.74, 6) is -0.606. The lowest BCUT2D eigenvalue weighted by molar-refractivity contribution is -0.385. The van der Waals surface area contributed by atoms with Gasteiger partial charge in [-0.25, -0.2) is 8.42 Å². The van der Waals surface area contributed by atoms with E-state index in [9.17, 15) is 28.1 Å². The van der Waals surface area contributed by atoms with Crippen LogP contribution >= 0.6 is 11.6 Å². The van der Waals surface area contributed by atoms with Crippen LogP contribution < -0.4 is 14.4 Å². The Bertz CT molecular complexity index is 1560. The van der Waals surface area contributed by atoms with E-state index >= 15 is 0 Å². The summed E-state index contributed by atoms with van der Waals surface area (Å²) in [4.78, 5) is 39.0. The van der Waals surface area contributed by atoms with Crippen LogP contribution in [0.1, 0.15) is 38.3 Å². The molecular formula is C30H35ClN4O7S. The number of aryl methyl sites for hydroxylation is 1. The molecule has 0 spiro atoms. The first-order valence-corrected chi connectivity index (χ1v) is 15.4. The second-order valence-corrected chi connectivity index (χ2v) is 12.4. The van der Waals surface area contributed by atoms with Gasteiger partial charge in [-0.2, -0.15) is 0 Å². The smallest absolute Gasteiger partial charge is 0.273 e. The Morgan fingerprint density at radius 3 is 2.23 bits per heavy atom. The molecule has 2 atom stereocenters. The number of ether oxygens (including phenoxy) is 1. The van der Waals surface area contributed by atoms with Crippen LogP contribution in [-0.4, -0.2) is 55.8 Å². The number of amides is 2. The van der Waals surface area contributed by atoms with E-state index < -0.39 is 39.3 Å². The molecule has 0 heterocycles. The Balaban J connectivity index is 2.08. The summed E-state index contributed by atoms with van der Waals surface area (Å²) in [6.07, 6.45) is 0.676. The van der Waals surface area contributed by atoms with E-state index in [-0.39, 0.29) is 34.4 Å². The highest BCUT2D eigenvalue weighted by molar-refractivity contribution is 7.92. The zero-order valence-electron chi connectivity index (χ0n) is 24.6. The molecule has 13 heteroatoms. The van der Waals surface area contributed by atoms with Crippen LogP contribution in [0.3, 0.4) is 0 Å². The number of anilines is 1. The van der Waals surface area contributed by atoms with E-state index in [0.717, 1.165) is 10.4 Å². The number of sulfonamides is 1. The van der Waals surface area contributed by atoms with Gasteiger partial charge < -0.3 is 15.0 Å². The van der Waals surface area contributed by atoms with Crippen molar-refractivity contribution in [1.29, 1.82) is 0 Å². The molecule has 2 amide bonds. The maximum atomic E-state index is 14.0. The molecule has 0 saturated carbocycles. The number of carbonyl (C=O) groups excluding carboxylic acids is 2. The van der Waals surface area contributed by atoms with Gasteiger partial charge in [0, 0.05) is 29.2 Å².